The standard InChI is InChI=1S/C22H20N4O2.C3H3F3O2/c27-21-17(12-14-3-1-2-4-18(14)25-21)20-13-16-11-15(5-6-19(16)24-20)22(28)26-9-7-23-8-10-26;1-8-2(7)3(4,5)6/h1-6,11-13,23-24H,7-10H2,(H,25,27);1H3. The predicted molar refractivity (Wildman–Crippen MR) is 129 cm³/mol. The van der Waals surface area contributed by atoms with E-state index in [-0.39, 0.29) is 11.5 Å². The van der Waals surface area contributed by atoms with Crippen LogP contribution in [0.5, 0.6) is 0 Å². The van der Waals surface area contributed by atoms with E-state index in [0.29, 0.717) is 18.2 Å². The fourth-order valence-electron chi connectivity index (χ4n) is 3.92. The van der Waals surface area contributed by atoms with E-state index in [9.17, 15) is 27.6 Å². The van der Waals surface area contributed by atoms with Crippen molar-refractivity contribution in [1.29, 1.82) is 0 Å². The van der Waals surface area contributed by atoms with E-state index >= 15 is 0 Å². The lowest BCUT2D eigenvalue weighted by molar-refractivity contribution is -0.196. The molecule has 1 amide bonds. The minimum Gasteiger partial charge on any atom is -0.462 e. The highest BCUT2D eigenvalue weighted by molar-refractivity contribution is 5.99. The zero-order chi connectivity index (χ0) is 25.9. The molecule has 0 saturated carbocycles. The Bertz CT molecular complexity index is 1470. The van der Waals surface area contributed by atoms with Crippen molar-refractivity contribution in [2.24, 2.45) is 0 Å². The molecule has 0 radical (unpaired) electrons. The Morgan fingerprint density at radius 2 is 1.61 bits per heavy atom. The van der Waals surface area contributed by atoms with Crippen LogP contribution in [0, 0.1) is 0 Å². The molecule has 2 aromatic carbocycles. The Hall–Kier alpha value is -4.12. The number of esters is 1. The van der Waals surface area contributed by atoms with Gasteiger partial charge in [-0.2, -0.15) is 13.2 Å². The molecule has 4 aromatic rings. The molecule has 0 atom stereocenters. The maximum Gasteiger partial charge on any atom is 0.490 e. The lowest BCUT2D eigenvalue weighted by Crippen LogP contribution is -2.46. The first-order valence-electron chi connectivity index (χ1n) is 11.1. The highest BCUT2D eigenvalue weighted by Gasteiger charge is 2.40. The van der Waals surface area contributed by atoms with Gasteiger partial charge in [0.25, 0.3) is 11.5 Å². The van der Waals surface area contributed by atoms with Crippen molar-refractivity contribution in [3.8, 4) is 11.3 Å². The van der Waals surface area contributed by atoms with Gasteiger partial charge in [0.15, 0.2) is 0 Å². The number of methoxy groups -OCH3 is 1. The van der Waals surface area contributed by atoms with Crippen LogP contribution in [-0.4, -0.2) is 66.2 Å². The largest absolute Gasteiger partial charge is 0.490 e. The monoisotopic (exact) mass is 500 g/mol. The fourth-order valence-corrected chi connectivity index (χ4v) is 3.92. The van der Waals surface area contributed by atoms with Gasteiger partial charge in [-0.15, -0.1) is 0 Å². The van der Waals surface area contributed by atoms with Gasteiger partial charge in [0.05, 0.1) is 18.4 Å². The summed E-state index contributed by atoms with van der Waals surface area (Å²) in [6.45, 7) is 3.10. The average molecular weight is 500 g/mol. The number of piperazine rings is 1. The second-order valence-electron chi connectivity index (χ2n) is 8.12. The van der Waals surface area contributed by atoms with Gasteiger partial charge < -0.3 is 24.9 Å². The van der Waals surface area contributed by atoms with Crippen LogP contribution in [0.25, 0.3) is 33.1 Å². The fraction of sp³-hybridized carbons (Fsp3) is 0.240. The number of benzene rings is 2. The van der Waals surface area contributed by atoms with Gasteiger partial charge in [0.2, 0.25) is 0 Å². The van der Waals surface area contributed by atoms with E-state index in [1.807, 2.05) is 59.5 Å². The van der Waals surface area contributed by atoms with Gasteiger partial charge in [0, 0.05) is 48.2 Å². The minimum absolute atomic E-state index is 0.0507. The van der Waals surface area contributed by atoms with Crippen molar-refractivity contribution in [3.05, 3.63) is 70.5 Å². The van der Waals surface area contributed by atoms with Crippen molar-refractivity contribution in [1.82, 2.24) is 20.2 Å². The number of aromatic nitrogens is 2. The first kappa shape index (κ1) is 25.0. The third-order valence-electron chi connectivity index (χ3n) is 5.73. The van der Waals surface area contributed by atoms with Crippen molar-refractivity contribution in [2.75, 3.05) is 33.3 Å². The first-order valence-corrected chi connectivity index (χ1v) is 11.1. The van der Waals surface area contributed by atoms with E-state index in [1.54, 1.807) is 0 Å². The quantitative estimate of drug-likeness (QED) is 0.366. The second-order valence-corrected chi connectivity index (χ2v) is 8.12. The van der Waals surface area contributed by atoms with Crippen molar-refractivity contribution in [3.63, 3.8) is 0 Å². The predicted octanol–water partition coefficient (Wildman–Crippen LogP) is 3.44. The summed E-state index contributed by atoms with van der Waals surface area (Å²) in [6, 6.07) is 17.2. The number of ether oxygens (including phenoxy) is 1. The molecule has 1 aliphatic heterocycles. The smallest absolute Gasteiger partial charge is 0.462 e. The van der Waals surface area contributed by atoms with Gasteiger partial charge in [-0.1, -0.05) is 18.2 Å². The van der Waals surface area contributed by atoms with Gasteiger partial charge >= 0.3 is 12.1 Å². The molecule has 3 N–H and O–H groups in total. The Morgan fingerprint density at radius 3 is 2.28 bits per heavy atom. The first-order chi connectivity index (χ1) is 17.2. The highest BCUT2D eigenvalue weighted by atomic mass is 19.4. The van der Waals surface area contributed by atoms with Crippen LogP contribution in [0.4, 0.5) is 13.2 Å². The topological polar surface area (TPSA) is 107 Å². The van der Waals surface area contributed by atoms with Crippen LogP contribution in [0.1, 0.15) is 10.4 Å². The molecule has 0 unspecified atom stereocenters. The van der Waals surface area contributed by atoms with Crippen molar-refractivity contribution >= 4 is 33.7 Å². The molecule has 2 aromatic heterocycles. The van der Waals surface area contributed by atoms with E-state index in [4.69, 9.17) is 0 Å². The number of alkyl halides is 3. The van der Waals surface area contributed by atoms with Crippen LogP contribution < -0.4 is 10.9 Å². The Kier molecular flexibility index (Phi) is 7.11. The van der Waals surface area contributed by atoms with E-state index < -0.39 is 12.1 Å². The van der Waals surface area contributed by atoms with Gasteiger partial charge in [0.1, 0.15) is 0 Å². The summed E-state index contributed by atoms with van der Waals surface area (Å²) in [6.07, 6.45) is -4.85. The summed E-state index contributed by atoms with van der Waals surface area (Å²) in [5, 5.41) is 5.16. The van der Waals surface area contributed by atoms with Crippen molar-refractivity contribution < 1.29 is 27.5 Å². The third kappa shape index (κ3) is 5.41. The zero-order valence-electron chi connectivity index (χ0n) is 19.2. The number of fused-ring (bicyclic) bond motifs is 2. The number of aromatic amines is 2. The van der Waals surface area contributed by atoms with Crippen LogP contribution in [0.15, 0.2) is 59.4 Å². The average Bonchev–Trinajstić information content (AvgIpc) is 3.31. The number of pyridine rings is 1. The number of rotatable bonds is 2. The summed E-state index contributed by atoms with van der Waals surface area (Å²) in [7, 11) is 0.676. The van der Waals surface area contributed by atoms with Gasteiger partial charge in [-0.25, -0.2) is 4.79 Å². The van der Waals surface area contributed by atoms with Crippen LogP contribution >= 0.6 is 0 Å². The lowest BCUT2D eigenvalue weighted by atomic mass is 10.1. The molecule has 36 heavy (non-hydrogen) atoms. The molecule has 0 aliphatic carbocycles. The summed E-state index contributed by atoms with van der Waals surface area (Å²) in [4.78, 5) is 42.9. The third-order valence-corrected chi connectivity index (χ3v) is 5.73. The molecule has 3 heterocycles. The second kappa shape index (κ2) is 10.2. The number of para-hydroxylation sites is 1. The number of amides is 1. The zero-order valence-corrected chi connectivity index (χ0v) is 19.2. The Balaban J connectivity index is 0.000000331. The number of carbonyl (C=O) groups excluding carboxylic acids is 2. The molecular formula is C25H23F3N4O4. The molecule has 188 valence electrons. The Labute approximate surface area is 203 Å². The number of nitrogens with zero attached hydrogens (tertiary/aromatic N) is 1. The Morgan fingerprint density at radius 1 is 0.917 bits per heavy atom. The normalized spacial score (nSPS) is 13.8. The SMILES string of the molecule is COC(=O)C(F)(F)F.O=C(c1ccc2[nH]c(-c3cc4ccccc4[nH]c3=O)cc2c1)N1CCNCC1. The number of halogens is 3. The highest BCUT2D eigenvalue weighted by Crippen LogP contribution is 2.25. The summed E-state index contributed by atoms with van der Waals surface area (Å²) >= 11 is 0. The van der Waals surface area contributed by atoms with Crippen LogP contribution in [0.3, 0.4) is 0 Å². The molecule has 8 nitrogen and oxygen atoms in total. The maximum absolute atomic E-state index is 12.8. The van der Waals surface area contributed by atoms with Crippen molar-refractivity contribution in [2.45, 2.75) is 6.18 Å². The number of nitrogens with one attached hydrogen (secondary N) is 3. The molecule has 1 aliphatic rings. The molecule has 5 rings (SSSR count). The number of H-pyrrole nitrogens is 2. The van der Waals surface area contributed by atoms with E-state index in [2.05, 4.69) is 20.0 Å². The number of hydrogen-bond donors (Lipinski definition) is 3. The number of carbonyl (C=O) groups is 2. The van der Waals surface area contributed by atoms with Crippen LogP contribution in [-0.2, 0) is 9.53 Å². The summed E-state index contributed by atoms with van der Waals surface area (Å²) in [5.74, 6) is -2.12. The molecule has 11 heteroatoms. The maximum atomic E-state index is 12.8. The molecule has 1 saturated heterocycles. The van der Waals surface area contributed by atoms with E-state index in [1.165, 1.54) is 0 Å². The summed E-state index contributed by atoms with van der Waals surface area (Å²) in [5.41, 5.74) is 3.59. The molecular weight excluding hydrogens is 477 g/mol. The summed E-state index contributed by atoms with van der Waals surface area (Å²) < 4.78 is 36.3. The van der Waals surface area contributed by atoms with Gasteiger partial charge in [-0.3, -0.25) is 9.59 Å². The van der Waals surface area contributed by atoms with Crippen LogP contribution in [0.2, 0.25) is 0 Å². The van der Waals surface area contributed by atoms with Gasteiger partial charge in [-0.05, 0) is 41.8 Å². The number of hydrogen-bond acceptors (Lipinski definition) is 5. The molecule has 0 bridgehead atoms. The lowest BCUT2D eigenvalue weighted by Gasteiger charge is -2.27. The van der Waals surface area contributed by atoms with E-state index in [0.717, 1.165) is 53.7 Å². The molecule has 1 fully saturated rings. The minimum atomic E-state index is -4.85. The molecule has 0 spiro atoms.